The van der Waals surface area contributed by atoms with E-state index in [0.29, 0.717) is 0 Å². The van der Waals surface area contributed by atoms with Crippen LogP contribution in [0.2, 0.25) is 0 Å². The highest BCUT2D eigenvalue weighted by molar-refractivity contribution is 7.26. The van der Waals surface area contributed by atoms with E-state index >= 15 is 0 Å². The molecule has 2 aromatic carbocycles. The van der Waals surface area contributed by atoms with E-state index in [0.717, 1.165) is 22.1 Å². The molecule has 39 heavy (non-hydrogen) atoms. The van der Waals surface area contributed by atoms with Crippen LogP contribution in [0.1, 0.15) is 20.9 Å². The number of hydrogen-bond acceptors (Lipinski definition) is 10. The van der Waals surface area contributed by atoms with Crippen molar-refractivity contribution in [1.82, 2.24) is 17.5 Å². The molecule has 0 bridgehead atoms. The minimum Gasteiger partial charge on any atom is -0.173 e. The molecule has 8 aromatic rings. The van der Waals surface area contributed by atoms with Gasteiger partial charge in [0.25, 0.3) is 0 Å². The van der Waals surface area contributed by atoms with Crippen LogP contribution in [-0.4, -0.2) is 17.5 Å². The molecule has 6 aromatic heterocycles. The first-order valence-electron chi connectivity index (χ1n) is 12.2. The van der Waals surface area contributed by atoms with Gasteiger partial charge in [0, 0.05) is 30.6 Å². The maximum absolute atomic E-state index is 4.67. The summed E-state index contributed by atoms with van der Waals surface area (Å²) in [6, 6.07) is 22.2. The lowest BCUT2D eigenvalue weighted by Crippen LogP contribution is -2.23. The molecule has 0 saturated heterocycles. The predicted molar refractivity (Wildman–Crippen MR) is 167 cm³/mol. The fourth-order valence-electron chi connectivity index (χ4n) is 6.31. The molecule has 0 aliphatic heterocycles. The predicted octanol–water partition coefficient (Wildman–Crippen LogP) is 9.62. The van der Waals surface area contributed by atoms with Crippen LogP contribution < -0.4 is 0 Å². The molecule has 2 aliphatic rings. The summed E-state index contributed by atoms with van der Waals surface area (Å²) in [5.74, 6) is 0. The quantitative estimate of drug-likeness (QED) is 0.196. The molecule has 1 spiro atoms. The number of hydrogen-bond donors (Lipinski definition) is 0. The topological polar surface area (TPSA) is 51.6 Å². The largest absolute Gasteiger partial charge is 0.173 e. The summed E-state index contributed by atoms with van der Waals surface area (Å²) >= 11 is 10.1. The lowest BCUT2D eigenvalue weighted by Gasteiger charge is -2.26. The van der Waals surface area contributed by atoms with Crippen LogP contribution in [0.5, 0.6) is 0 Å². The van der Waals surface area contributed by atoms with Gasteiger partial charge in [-0.1, -0.05) is 24.3 Å². The molecule has 0 N–H and O–H groups in total. The number of fused-ring (bicyclic) bond motifs is 12. The van der Waals surface area contributed by atoms with Crippen molar-refractivity contribution in [2.75, 3.05) is 0 Å². The summed E-state index contributed by atoms with van der Waals surface area (Å²) in [6.45, 7) is 0. The highest BCUT2D eigenvalue weighted by Crippen LogP contribution is 2.69. The normalized spacial score (nSPS) is 14.4. The Balaban J connectivity index is 1.31. The molecule has 0 saturated carbocycles. The van der Waals surface area contributed by atoms with Gasteiger partial charge in [0.1, 0.15) is 22.1 Å². The molecule has 0 radical (unpaired) electrons. The second kappa shape index (κ2) is 7.54. The number of thiophene rings is 4. The van der Waals surface area contributed by atoms with E-state index in [9.17, 15) is 0 Å². The summed E-state index contributed by atoms with van der Waals surface area (Å²) in [5.41, 5.74) is 11.6. The lowest BCUT2D eigenvalue weighted by atomic mass is 9.78. The van der Waals surface area contributed by atoms with Gasteiger partial charge in [0.05, 0.1) is 38.6 Å². The standard InChI is InChI=1S/C29H12N4S6/c1-3-15(23-19(5-1)30-38-32-23)21-11-17-25(36-21)26-18(12-22(37-26)16-4-2-6-20-24(16)33-39-31-20)29(17)27-13(7-9-34-27)14-8-10-35-28(14)29/h1-12H. The van der Waals surface area contributed by atoms with E-state index in [4.69, 9.17) is 0 Å². The Bertz CT molecular complexity index is 2110. The molecule has 10 rings (SSSR count). The average Bonchev–Trinajstić information content (AvgIpc) is 3.78. The molecular formula is C29H12N4S6. The van der Waals surface area contributed by atoms with Crippen LogP contribution in [0.3, 0.4) is 0 Å². The first-order chi connectivity index (χ1) is 19.3. The molecule has 6 heterocycles. The zero-order valence-electron chi connectivity index (χ0n) is 19.7. The van der Waals surface area contributed by atoms with Crippen LogP contribution in [0.15, 0.2) is 71.4 Å². The SMILES string of the molecule is c1cc(-c2cc3c(s2)-c2sc(-c4cccc5nsnc45)cc2C32c3sccc3-c3ccsc32)c2nsnc2c1. The zero-order valence-corrected chi connectivity index (χ0v) is 24.6. The van der Waals surface area contributed by atoms with Gasteiger partial charge in [-0.3, -0.25) is 0 Å². The van der Waals surface area contributed by atoms with Crippen LogP contribution in [0.4, 0.5) is 0 Å². The van der Waals surface area contributed by atoms with E-state index in [1.807, 2.05) is 45.3 Å². The first kappa shape index (κ1) is 21.7. The fourth-order valence-corrected chi connectivity index (χ4v) is 12.4. The van der Waals surface area contributed by atoms with Crippen molar-refractivity contribution < 1.29 is 0 Å². The van der Waals surface area contributed by atoms with E-state index in [-0.39, 0.29) is 5.41 Å². The minimum absolute atomic E-state index is 0.274. The number of aromatic nitrogens is 4. The van der Waals surface area contributed by atoms with Crippen molar-refractivity contribution in [1.29, 1.82) is 0 Å². The highest BCUT2D eigenvalue weighted by atomic mass is 32.1. The van der Waals surface area contributed by atoms with Crippen molar-refractivity contribution in [2.45, 2.75) is 5.41 Å². The minimum atomic E-state index is -0.274. The zero-order chi connectivity index (χ0) is 25.3. The van der Waals surface area contributed by atoms with Gasteiger partial charge in [0.15, 0.2) is 0 Å². The van der Waals surface area contributed by atoms with Crippen molar-refractivity contribution in [3.8, 4) is 41.8 Å². The van der Waals surface area contributed by atoms with E-state index in [2.05, 4.69) is 88.9 Å². The highest BCUT2D eigenvalue weighted by Gasteiger charge is 2.55. The Kier molecular flexibility index (Phi) is 4.19. The Morgan fingerprint density at radius 2 is 1.05 bits per heavy atom. The summed E-state index contributed by atoms with van der Waals surface area (Å²) in [6.07, 6.45) is 0. The first-order valence-corrected chi connectivity index (χ1v) is 17.1. The Hall–Kier alpha value is -3.12. The van der Waals surface area contributed by atoms with E-state index < -0.39 is 0 Å². The van der Waals surface area contributed by atoms with Gasteiger partial charge < -0.3 is 0 Å². The van der Waals surface area contributed by atoms with Gasteiger partial charge in [-0.25, -0.2) is 0 Å². The molecule has 184 valence electrons. The third-order valence-electron chi connectivity index (χ3n) is 7.88. The summed E-state index contributed by atoms with van der Waals surface area (Å²) < 4.78 is 18.3. The fraction of sp³-hybridized carbons (Fsp3) is 0.0345. The Morgan fingerprint density at radius 1 is 0.538 bits per heavy atom. The van der Waals surface area contributed by atoms with Crippen molar-refractivity contribution >= 4 is 90.9 Å². The number of nitrogens with zero attached hydrogens (tertiary/aromatic N) is 4. The van der Waals surface area contributed by atoms with E-state index in [1.54, 1.807) is 0 Å². The second-order valence-electron chi connectivity index (χ2n) is 9.66. The Labute approximate surface area is 246 Å². The van der Waals surface area contributed by atoms with Crippen molar-refractivity contribution in [3.05, 3.63) is 92.3 Å². The molecule has 4 nitrogen and oxygen atoms in total. The molecule has 10 heteroatoms. The molecule has 0 atom stereocenters. The lowest BCUT2D eigenvalue weighted by molar-refractivity contribution is 0.836. The van der Waals surface area contributed by atoms with Gasteiger partial charge in [0.2, 0.25) is 0 Å². The maximum atomic E-state index is 4.67. The maximum Gasteiger partial charge on any atom is 0.113 e. The summed E-state index contributed by atoms with van der Waals surface area (Å²) in [4.78, 5) is 8.15. The Morgan fingerprint density at radius 3 is 1.56 bits per heavy atom. The third kappa shape index (κ3) is 2.58. The van der Waals surface area contributed by atoms with Crippen molar-refractivity contribution in [2.24, 2.45) is 0 Å². The molecular weight excluding hydrogens is 597 g/mol. The third-order valence-corrected chi connectivity index (χ3v) is 13.5. The van der Waals surface area contributed by atoms with Gasteiger partial charge in [-0.15, -0.1) is 45.3 Å². The van der Waals surface area contributed by atoms with Crippen LogP contribution in [0.25, 0.3) is 63.8 Å². The van der Waals surface area contributed by atoms with Crippen LogP contribution in [-0.2, 0) is 5.41 Å². The number of rotatable bonds is 2. The number of benzene rings is 2. The van der Waals surface area contributed by atoms with Gasteiger partial charge in [-0.05, 0) is 69.4 Å². The second-order valence-corrected chi connectivity index (χ2v) is 14.7. The summed E-state index contributed by atoms with van der Waals surface area (Å²) in [7, 11) is 0. The van der Waals surface area contributed by atoms with E-state index in [1.165, 1.54) is 86.1 Å². The molecule has 2 aliphatic carbocycles. The molecule has 0 amide bonds. The van der Waals surface area contributed by atoms with Gasteiger partial charge in [-0.2, -0.15) is 17.5 Å². The molecule has 0 fully saturated rings. The summed E-state index contributed by atoms with van der Waals surface area (Å²) in [5, 5.41) is 4.52. The smallest absolute Gasteiger partial charge is 0.113 e. The van der Waals surface area contributed by atoms with Crippen molar-refractivity contribution in [3.63, 3.8) is 0 Å². The van der Waals surface area contributed by atoms with Crippen LogP contribution >= 0.6 is 68.8 Å². The van der Waals surface area contributed by atoms with Crippen LogP contribution in [0, 0.1) is 0 Å². The average molecular weight is 609 g/mol. The van der Waals surface area contributed by atoms with Gasteiger partial charge >= 0.3 is 0 Å². The monoisotopic (exact) mass is 608 g/mol. The molecule has 0 unspecified atom stereocenters.